The van der Waals surface area contributed by atoms with Gasteiger partial charge in [-0.2, -0.15) is 0 Å². The monoisotopic (exact) mass is 219 g/mol. The molecule has 1 heterocycles. The van der Waals surface area contributed by atoms with Crippen LogP contribution >= 0.6 is 0 Å². The molecule has 1 aromatic rings. The van der Waals surface area contributed by atoms with E-state index in [1.807, 2.05) is 18.2 Å². The summed E-state index contributed by atoms with van der Waals surface area (Å²) in [5.74, 6) is 0.589. The van der Waals surface area contributed by atoms with Crippen LogP contribution in [-0.2, 0) is 11.3 Å². The minimum atomic E-state index is 0.0186. The maximum Gasteiger partial charge on any atom is 0.221 e. The molecule has 86 valence electrons. The summed E-state index contributed by atoms with van der Waals surface area (Å²) in [7, 11) is 0. The maximum absolute atomic E-state index is 11.5. The number of rotatable bonds is 5. The quantitative estimate of drug-likeness (QED) is 0.770. The fourth-order valence-corrected chi connectivity index (χ4v) is 1.67. The minimum Gasteiger partial charge on any atom is -0.350 e. The van der Waals surface area contributed by atoms with Crippen molar-refractivity contribution in [3.05, 3.63) is 30.1 Å². The van der Waals surface area contributed by atoms with Gasteiger partial charge >= 0.3 is 0 Å². The van der Waals surface area contributed by atoms with Gasteiger partial charge in [0, 0.05) is 18.7 Å². The van der Waals surface area contributed by atoms with Crippen molar-refractivity contribution >= 4 is 5.91 Å². The van der Waals surface area contributed by atoms with Crippen LogP contribution < -0.4 is 11.1 Å². The third kappa shape index (κ3) is 3.31. The fourth-order valence-electron chi connectivity index (χ4n) is 1.67. The molecule has 2 rings (SSSR count). The highest BCUT2D eigenvalue weighted by Crippen LogP contribution is 2.32. The molecular weight excluding hydrogens is 202 g/mol. The lowest BCUT2D eigenvalue weighted by Gasteiger charge is -2.10. The van der Waals surface area contributed by atoms with Crippen LogP contribution in [-0.4, -0.2) is 16.9 Å². The highest BCUT2D eigenvalue weighted by atomic mass is 16.1. The first-order chi connectivity index (χ1) is 7.75. The van der Waals surface area contributed by atoms with Crippen molar-refractivity contribution in [3.63, 3.8) is 0 Å². The summed E-state index contributed by atoms with van der Waals surface area (Å²) in [5.41, 5.74) is 6.74. The third-order valence-electron chi connectivity index (χ3n) is 2.84. The van der Waals surface area contributed by atoms with Gasteiger partial charge in [0.2, 0.25) is 5.91 Å². The standard InChI is InChI=1S/C12H17N3O/c13-11(9-4-5-9)7-12(16)15-8-10-3-1-2-6-14-10/h1-3,6,9,11H,4-5,7-8,13H2,(H,15,16). The van der Waals surface area contributed by atoms with Crippen molar-refractivity contribution in [2.45, 2.75) is 31.8 Å². The van der Waals surface area contributed by atoms with Gasteiger partial charge in [-0.05, 0) is 30.9 Å². The van der Waals surface area contributed by atoms with E-state index in [9.17, 15) is 4.79 Å². The van der Waals surface area contributed by atoms with Gasteiger partial charge in [0.15, 0.2) is 0 Å². The number of carbonyl (C=O) groups is 1. The summed E-state index contributed by atoms with van der Waals surface area (Å²) in [6.45, 7) is 0.483. The zero-order valence-electron chi connectivity index (χ0n) is 9.23. The van der Waals surface area contributed by atoms with Crippen LogP contribution in [0.2, 0.25) is 0 Å². The second kappa shape index (κ2) is 5.07. The van der Waals surface area contributed by atoms with Gasteiger partial charge in [0.05, 0.1) is 12.2 Å². The molecule has 1 aromatic heterocycles. The number of amides is 1. The molecule has 1 aliphatic carbocycles. The Morgan fingerprint density at radius 2 is 2.38 bits per heavy atom. The van der Waals surface area contributed by atoms with E-state index in [1.165, 1.54) is 12.8 Å². The molecule has 1 unspecified atom stereocenters. The molecule has 4 heteroatoms. The first kappa shape index (κ1) is 11.1. The van der Waals surface area contributed by atoms with E-state index in [0.717, 1.165) is 5.69 Å². The van der Waals surface area contributed by atoms with Crippen LogP contribution in [0.1, 0.15) is 25.0 Å². The molecule has 1 fully saturated rings. The molecule has 16 heavy (non-hydrogen) atoms. The number of hydrogen-bond donors (Lipinski definition) is 2. The zero-order valence-corrected chi connectivity index (χ0v) is 9.23. The second-order valence-electron chi connectivity index (χ2n) is 4.30. The molecule has 0 aromatic carbocycles. The van der Waals surface area contributed by atoms with Crippen LogP contribution in [0.5, 0.6) is 0 Å². The predicted molar refractivity (Wildman–Crippen MR) is 61.4 cm³/mol. The average Bonchev–Trinajstić information content (AvgIpc) is 3.11. The number of nitrogens with one attached hydrogen (secondary N) is 1. The van der Waals surface area contributed by atoms with Gasteiger partial charge in [-0.15, -0.1) is 0 Å². The number of aromatic nitrogens is 1. The van der Waals surface area contributed by atoms with Crippen molar-refractivity contribution in [1.82, 2.24) is 10.3 Å². The molecule has 0 bridgehead atoms. The summed E-state index contributed by atoms with van der Waals surface area (Å²) in [5, 5.41) is 2.83. The van der Waals surface area contributed by atoms with Gasteiger partial charge in [0.1, 0.15) is 0 Å². The number of carbonyl (C=O) groups excluding carboxylic acids is 1. The summed E-state index contributed by atoms with van der Waals surface area (Å²) < 4.78 is 0. The number of nitrogens with two attached hydrogens (primary N) is 1. The third-order valence-corrected chi connectivity index (χ3v) is 2.84. The lowest BCUT2D eigenvalue weighted by Crippen LogP contribution is -2.32. The van der Waals surface area contributed by atoms with Crippen molar-refractivity contribution < 1.29 is 4.79 Å². The second-order valence-corrected chi connectivity index (χ2v) is 4.30. The Morgan fingerprint density at radius 1 is 1.56 bits per heavy atom. The topological polar surface area (TPSA) is 68.0 Å². The minimum absolute atomic E-state index is 0.0186. The zero-order chi connectivity index (χ0) is 11.4. The van der Waals surface area contributed by atoms with Crippen LogP contribution in [0.3, 0.4) is 0 Å². The van der Waals surface area contributed by atoms with E-state index in [0.29, 0.717) is 18.9 Å². The number of pyridine rings is 1. The summed E-state index contributed by atoms with van der Waals surface area (Å²) in [6, 6.07) is 5.68. The van der Waals surface area contributed by atoms with E-state index in [4.69, 9.17) is 5.73 Å². The molecule has 1 atom stereocenters. The van der Waals surface area contributed by atoms with Crippen molar-refractivity contribution in [3.8, 4) is 0 Å². The summed E-state index contributed by atoms with van der Waals surface area (Å²) in [6.07, 6.45) is 4.50. The van der Waals surface area contributed by atoms with Crippen molar-refractivity contribution in [2.24, 2.45) is 11.7 Å². The SMILES string of the molecule is NC(CC(=O)NCc1ccccn1)C1CC1. The first-order valence-corrected chi connectivity index (χ1v) is 5.68. The Balaban J connectivity index is 1.71. The number of hydrogen-bond acceptors (Lipinski definition) is 3. The van der Waals surface area contributed by atoms with Crippen molar-refractivity contribution in [1.29, 1.82) is 0 Å². The molecule has 0 aliphatic heterocycles. The molecule has 0 saturated heterocycles. The van der Waals surface area contributed by atoms with Crippen LogP contribution in [0.25, 0.3) is 0 Å². The van der Waals surface area contributed by atoms with Gasteiger partial charge < -0.3 is 11.1 Å². The highest BCUT2D eigenvalue weighted by Gasteiger charge is 2.29. The fraction of sp³-hybridized carbons (Fsp3) is 0.500. The Morgan fingerprint density at radius 3 is 3.00 bits per heavy atom. The molecule has 0 spiro atoms. The Hall–Kier alpha value is -1.42. The molecular formula is C12H17N3O. The van der Waals surface area contributed by atoms with Crippen LogP contribution in [0, 0.1) is 5.92 Å². The Labute approximate surface area is 95.3 Å². The van der Waals surface area contributed by atoms with E-state index >= 15 is 0 Å². The molecule has 1 saturated carbocycles. The highest BCUT2D eigenvalue weighted by molar-refractivity contribution is 5.76. The first-order valence-electron chi connectivity index (χ1n) is 5.68. The summed E-state index contributed by atoms with van der Waals surface area (Å²) >= 11 is 0. The molecule has 3 N–H and O–H groups in total. The van der Waals surface area contributed by atoms with E-state index in [1.54, 1.807) is 6.20 Å². The van der Waals surface area contributed by atoms with Crippen molar-refractivity contribution in [2.75, 3.05) is 0 Å². The largest absolute Gasteiger partial charge is 0.350 e. The van der Waals surface area contributed by atoms with E-state index < -0.39 is 0 Å². The Kier molecular flexibility index (Phi) is 3.51. The number of nitrogens with zero attached hydrogens (tertiary/aromatic N) is 1. The maximum atomic E-state index is 11.5. The van der Waals surface area contributed by atoms with Crippen LogP contribution in [0.4, 0.5) is 0 Å². The molecule has 0 radical (unpaired) electrons. The predicted octanol–water partition coefficient (Wildman–Crippen LogP) is 0.825. The smallest absolute Gasteiger partial charge is 0.221 e. The average molecular weight is 219 g/mol. The van der Waals surface area contributed by atoms with Gasteiger partial charge in [-0.1, -0.05) is 6.07 Å². The lowest BCUT2D eigenvalue weighted by molar-refractivity contribution is -0.121. The molecule has 1 amide bonds. The van der Waals surface area contributed by atoms with Gasteiger partial charge in [-0.3, -0.25) is 9.78 Å². The normalized spacial score (nSPS) is 16.8. The van der Waals surface area contributed by atoms with E-state index in [2.05, 4.69) is 10.3 Å². The summed E-state index contributed by atoms with van der Waals surface area (Å²) in [4.78, 5) is 15.7. The lowest BCUT2D eigenvalue weighted by atomic mass is 10.1. The molecule has 1 aliphatic rings. The Bertz CT molecular complexity index is 349. The van der Waals surface area contributed by atoms with E-state index in [-0.39, 0.29) is 11.9 Å². The molecule has 4 nitrogen and oxygen atoms in total. The van der Waals surface area contributed by atoms with Gasteiger partial charge in [-0.25, -0.2) is 0 Å². The van der Waals surface area contributed by atoms with Crippen LogP contribution in [0.15, 0.2) is 24.4 Å². The van der Waals surface area contributed by atoms with Gasteiger partial charge in [0.25, 0.3) is 0 Å².